The minimum absolute atomic E-state index is 0.561. The van der Waals surface area contributed by atoms with Crippen LogP contribution >= 0.6 is 0 Å². The van der Waals surface area contributed by atoms with Crippen molar-refractivity contribution >= 4 is 11.8 Å². The van der Waals surface area contributed by atoms with E-state index in [0.717, 1.165) is 22.6 Å². The normalized spacial score (nSPS) is 16.2. The number of aryl methyl sites for hydroxylation is 1. The van der Waals surface area contributed by atoms with E-state index in [0.29, 0.717) is 11.6 Å². The van der Waals surface area contributed by atoms with Gasteiger partial charge in [-0.1, -0.05) is 0 Å². The number of allylic oxidation sites excluding steroid dienone is 1. The third kappa shape index (κ3) is 2.13. The molecule has 16 heavy (non-hydrogen) atoms. The zero-order chi connectivity index (χ0) is 11.7. The molecule has 0 radical (unpaired) electrons. The molecule has 0 aromatic heterocycles. The van der Waals surface area contributed by atoms with Crippen LogP contribution in [0.4, 0.5) is 5.69 Å². The minimum atomic E-state index is 0.561. The van der Waals surface area contributed by atoms with Crippen molar-refractivity contribution in [3.05, 3.63) is 29.0 Å². The molecular formula is C13H18N2O. The van der Waals surface area contributed by atoms with Gasteiger partial charge in [0.1, 0.15) is 5.75 Å². The number of anilines is 1. The maximum absolute atomic E-state index is 6.01. The number of methoxy groups -OCH3 is 1. The smallest absolute Gasteiger partial charge is 0.142 e. The molecule has 0 unspecified atom stereocenters. The molecule has 1 aromatic rings. The van der Waals surface area contributed by atoms with Gasteiger partial charge in [-0.15, -0.1) is 0 Å². The van der Waals surface area contributed by atoms with Crippen molar-refractivity contribution in [3.8, 4) is 5.75 Å². The zero-order valence-corrected chi connectivity index (χ0v) is 9.79. The van der Waals surface area contributed by atoms with Gasteiger partial charge in [-0.25, -0.2) is 0 Å². The third-order valence-electron chi connectivity index (χ3n) is 2.91. The Balaban J connectivity index is 2.39. The maximum atomic E-state index is 6.01. The fourth-order valence-electron chi connectivity index (χ4n) is 1.79. The molecule has 0 aliphatic heterocycles. The second-order valence-corrected chi connectivity index (χ2v) is 4.39. The molecule has 2 rings (SSSR count). The van der Waals surface area contributed by atoms with Crippen LogP contribution in [0.25, 0.3) is 6.08 Å². The molecule has 86 valence electrons. The van der Waals surface area contributed by atoms with Gasteiger partial charge in [0.15, 0.2) is 0 Å². The molecule has 1 fully saturated rings. The molecule has 0 spiro atoms. The first-order valence-electron chi connectivity index (χ1n) is 5.53. The van der Waals surface area contributed by atoms with Crippen LogP contribution in [0.15, 0.2) is 17.8 Å². The molecule has 1 aliphatic rings. The molecule has 0 heterocycles. The molecule has 0 atom stereocenters. The maximum Gasteiger partial charge on any atom is 0.142 e. The van der Waals surface area contributed by atoms with E-state index in [-0.39, 0.29) is 0 Å². The fourth-order valence-corrected chi connectivity index (χ4v) is 1.79. The number of ether oxygens (including phenoxy) is 1. The van der Waals surface area contributed by atoms with Gasteiger partial charge in [0, 0.05) is 11.3 Å². The number of nitrogen functional groups attached to an aromatic ring is 1. The van der Waals surface area contributed by atoms with Crippen molar-refractivity contribution < 1.29 is 4.74 Å². The summed E-state index contributed by atoms with van der Waals surface area (Å²) in [6.45, 7) is 2.02. The van der Waals surface area contributed by atoms with Crippen LogP contribution in [-0.4, -0.2) is 7.11 Å². The lowest BCUT2D eigenvalue weighted by Gasteiger charge is -2.10. The van der Waals surface area contributed by atoms with Crippen LogP contribution in [0.3, 0.4) is 0 Å². The first-order chi connectivity index (χ1) is 7.61. The Labute approximate surface area is 96.1 Å². The molecule has 3 heteroatoms. The van der Waals surface area contributed by atoms with E-state index in [2.05, 4.69) is 0 Å². The highest BCUT2D eigenvalue weighted by Gasteiger charge is 2.24. The van der Waals surface area contributed by atoms with E-state index >= 15 is 0 Å². The summed E-state index contributed by atoms with van der Waals surface area (Å²) >= 11 is 0. The second-order valence-electron chi connectivity index (χ2n) is 4.39. The average Bonchev–Trinajstić information content (AvgIpc) is 3.06. The van der Waals surface area contributed by atoms with E-state index in [9.17, 15) is 0 Å². The molecule has 0 saturated heterocycles. The number of nitrogens with two attached hydrogens (primary N) is 2. The average molecular weight is 218 g/mol. The van der Waals surface area contributed by atoms with Gasteiger partial charge in [-0.2, -0.15) is 0 Å². The lowest BCUT2D eigenvalue weighted by atomic mass is 10.1. The van der Waals surface area contributed by atoms with Gasteiger partial charge in [-0.05, 0) is 49.5 Å². The molecule has 3 nitrogen and oxygen atoms in total. The second kappa shape index (κ2) is 4.08. The topological polar surface area (TPSA) is 61.3 Å². The van der Waals surface area contributed by atoms with Crippen LogP contribution in [0.2, 0.25) is 0 Å². The van der Waals surface area contributed by atoms with Gasteiger partial charge >= 0.3 is 0 Å². The number of hydrogen-bond acceptors (Lipinski definition) is 3. The van der Waals surface area contributed by atoms with Crippen molar-refractivity contribution in [3.63, 3.8) is 0 Å². The Morgan fingerprint density at radius 1 is 1.44 bits per heavy atom. The largest absolute Gasteiger partial charge is 0.495 e. The van der Waals surface area contributed by atoms with Crippen LogP contribution in [-0.2, 0) is 0 Å². The van der Waals surface area contributed by atoms with Crippen molar-refractivity contribution in [2.45, 2.75) is 19.8 Å². The first-order valence-corrected chi connectivity index (χ1v) is 5.53. The summed E-state index contributed by atoms with van der Waals surface area (Å²) in [5, 5.41) is 0. The molecule has 0 bridgehead atoms. The summed E-state index contributed by atoms with van der Waals surface area (Å²) < 4.78 is 5.23. The van der Waals surface area contributed by atoms with Crippen LogP contribution in [0.1, 0.15) is 24.0 Å². The third-order valence-corrected chi connectivity index (χ3v) is 2.91. The summed E-state index contributed by atoms with van der Waals surface area (Å²) in [6.07, 6.45) is 4.37. The van der Waals surface area contributed by atoms with E-state index in [1.807, 2.05) is 25.1 Å². The molecule has 1 aliphatic carbocycles. The Hall–Kier alpha value is -1.64. The Morgan fingerprint density at radius 2 is 2.12 bits per heavy atom. The van der Waals surface area contributed by atoms with Crippen LogP contribution in [0, 0.1) is 12.8 Å². The van der Waals surface area contributed by atoms with Gasteiger partial charge in [0.05, 0.1) is 12.8 Å². The molecular weight excluding hydrogens is 200 g/mol. The van der Waals surface area contributed by atoms with Crippen molar-refractivity contribution in [2.24, 2.45) is 11.7 Å². The summed E-state index contributed by atoms with van der Waals surface area (Å²) in [7, 11) is 1.63. The Bertz CT molecular complexity index is 434. The monoisotopic (exact) mass is 218 g/mol. The predicted molar refractivity (Wildman–Crippen MR) is 67.0 cm³/mol. The fraction of sp³-hybridized carbons (Fsp3) is 0.385. The van der Waals surface area contributed by atoms with Gasteiger partial charge < -0.3 is 16.2 Å². The highest BCUT2D eigenvalue weighted by atomic mass is 16.5. The highest BCUT2D eigenvalue weighted by Crippen LogP contribution is 2.36. The molecule has 1 saturated carbocycles. The van der Waals surface area contributed by atoms with E-state index < -0.39 is 0 Å². The SMILES string of the molecule is COc1cc(C)cc(/C=C(\N)C2CC2)c1N. The van der Waals surface area contributed by atoms with Crippen LogP contribution < -0.4 is 16.2 Å². The molecule has 0 amide bonds. The van der Waals surface area contributed by atoms with E-state index in [1.54, 1.807) is 7.11 Å². The summed E-state index contributed by atoms with van der Waals surface area (Å²) in [5.41, 5.74) is 15.7. The van der Waals surface area contributed by atoms with Crippen molar-refractivity contribution in [1.82, 2.24) is 0 Å². The predicted octanol–water partition coefficient (Wildman–Crippen LogP) is 2.30. The minimum Gasteiger partial charge on any atom is -0.495 e. The van der Waals surface area contributed by atoms with Crippen molar-refractivity contribution in [1.29, 1.82) is 0 Å². The number of hydrogen-bond donors (Lipinski definition) is 2. The Kier molecular flexibility index (Phi) is 2.77. The quantitative estimate of drug-likeness (QED) is 0.765. The first kappa shape index (κ1) is 10.9. The standard InChI is InChI=1S/C13H18N2O/c1-8-5-10(7-11(14)9-3-4-9)13(15)12(6-8)16-2/h5-7,9H,3-4,14-15H2,1-2H3/b11-7-. The van der Waals surface area contributed by atoms with Crippen molar-refractivity contribution in [2.75, 3.05) is 12.8 Å². The summed E-state index contributed by atoms with van der Waals surface area (Å²) in [5.74, 6) is 1.28. The van der Waals surface area contributed by atoms with E-state index in [4.69, 9.17) is 16.2 Å². The highest BCUT2D eigenvalue weighted by molar-refractivity contribution is 5.72. The van der Waals surface area contributed by atoms with Gasteiger partial charge in [-0.3, -0.25) is 0 Å². The zero-order valence-electron chi connectivity index (χ0n) is 9.79. The van der Waals surface area contributed by atoms with Gasteiger partial charge in [0.2, 0.25) is 0 Å². The number of benzene rings is 1. The van der Waals surface area contributed by atoms with E-state index in [1.165, 1.54) is 12.8 Å². The Morgan fingerprint density at radius 3 is 2.69 bits per heavy atom. The number of rotatable bonds is 3. The summed E-state index contributed by atoms with van der Waals surface area (Å²) in [4.78, 5) is 0. The van der Waals surface area contributed by atoms with Gasteiger partial charge in [0.25, 0.3) is 0 Å². The molecule has 1 aromatic carbocycles. The molecule has 4 N–H and O–H groups in total. The lowest BCUT2D eigenvalue weighted by Crippen LogP contribution is -2.01. The lowest BCUT2D eigenvalue weighted by molar-refractivity contribution is 0.416. The van der Waals surface area contributed by atoms with Crippen LogP contribution in [0.5, 0.6) is 5.75 Å². The summed E-state index contributed by atoms with van der Waals surface area (Å²) in [6, 6.07) is 3.97.